The Balaban J connectivity index is 2.23. The Kier molecular flexibility index (Phi) is 3.49. The van der Waals surface area contributed by atoms with Crippen LogP contribution in [0.4, 0.5) is 10.1 Å². The fourth-order valence-corrected chi connectivity index (χ4v) is 2.46. The van der Waals surface area contributed by atoms with Crippen molar-refractivity contribution in [2.75, 3.05) is 25.9 Å². The minimum absolute atomic E-state index is 0.0584. The van der Waals surface area contributed by atoms with Crippen LogP contribution in [0.5, 0.6) is 0 Å². The van der Waals surface area contributed by atoms with E-state index in [1.165, 1.54) is 0 Å². The second-order valence-corrected chi connectivity index (χ2v) is 5.53. The van der Waals surface area contributed by atoms with Gasteiger partial charge < -0.3 is 10.6 Å². The molecule has 1 amide bonds. The largest absolute Gasteiger partial charge is 0.396 e. The van der Waals surface area contributed by atoms with Crippen molar-refractivity contribution in [2.45, 2.75) is 25.9 Å². The van der Waals surface area contributed by atoms with Crippen LogP contribution in [-0.2, 0) is 11.3 Å². The summed E-state index contributed by atoms with van der Waals surface area (Å²) < 4.78 is 13.9. The Morgan fingerprint density at radius 2 is 2.05 bits per heavy atom. The van der Waals surface area contributed by atoms with E-state index < -0.39 is 5.54 Å². The van der Waals surface area contributed by atoms with Crippen LogP contribution in [0.25, 0.3) is 0 Å². The van der Waals surface area contributed by atoms with Crippen LogP contribution in [0.2, 0.25) is 0 Å². The number of nitrogen functional groups attached to an aromatic ring is 1. The summed E-state index contributed by atoms with van der Waals surface area (Å²) in [5, 5.41) is 0. The number of benzene rings is 1. The number of nitrogens with two attached hydrogens (primary N) is 1. The van der Waals surface area contributed by atoms with Crippen molar-refractivity contribution in [2.24, 2.45) is 0 Å². The molecule has 0 unspecified atom stereocenters. The highest BCUT2D eigenvalue weighted by Crippen LogP contribution is 2.25. The molecular formula is C14H20FN3O. The molecule has 1 aromatic rings. The molecule has 1 heterocycles. The van der Waals surface area contributed by atoms with Gasteiger partial charge in [-0.2, -0.15) is 0 Å². The van der Waals surface area contributed by atoms with Crippen LogP contribution in [0.1, 0.15) is 19.4 Å². The summed E-state index contributed by atoms with van der Waals surface area (Å²) in [6.45, 7) is 5.52. The molecule has 19 heavy (non-hydrogen) atoms. The van der Waals surface area contributed by atoms with Crippen molar-refractivity contribution in [1.29, 1.82) is 0 Å². The standard InChI is InChI=1S/C14H20FN3O/c1-14(2)13(19)17(3)7-8-18(14)9-10-5-4-6-11(16)12(10)15/h4-6H,7-9,16H2,1-3H3. The summed E-state index contributed by atoms with van der Waals surface area (Å²) in [5.74, 6) is -0.326. The van der Waals surface area contributed by atoms with Crippen LogP contribution in [0.3, 0.4) is 0 Å². The summed E-state index contributed by atoms with van der Waals surface area (Å²) in [4.78, 5) is 15.9. The van der Waals surface area contributed by atoms with Gasteiger partial charge in [-0.1, -0.05) is 12.1 Å². The van der Waals surface area contributed by atoms with Crippen molar-refractivity contribution in [3.8, 4) is 0 Å². The van der Waals surface area contributed by atoms with Crippen LogP contribution in [0.15, 0.2) is 18.2 Å². The van der Waals surface area contributed by atoms with E-state index in [2.05, 4.69) is 0 Å². The number of carbonyl (C=O) groups excluding carboxylic acids is 1. The highest BCUT2D eigenvalue weighted by Gasteiger charge is 2.40. The Morgan fingerprint density at radius 3 is 2.74 bits per heavy atom. The first-order chi connectivity index (χ1) is 8.84. The number of carbonyl (C=O) groups is 1. The number of rotatable bonds is 2. The maximum Gasteiger partial charge on any atom is 0.242 e. The van der Waals surface area contributed by atoms with E-state index in [0.717, 1.165) is 6.54 Å². The first-order valence-corrected chi connectivity index (χ1v) is 6.37. The van der Waals surface area contributed by atoms with E-state index in [0.29, 0.717) is 18.7 Å². The topological polar surface area (TPSA) is 49.6 Å². The molecule has 0 aliphatic carbocycles. The van der Waals surface area contributed by atoms with Crippen LogP contribution >= 0.6 is 0 Å². The molecule has 1 aliphatic rings. The number of halogens is 1. The van der Waals surface area contributed by atoms with Gasteiger partial charge in [0.25, 0.3) is 0 Å². The average Bonchev–Trinajstić information content (AvgIpc) is 2.36. The molecule has 1 fully saturated rings. The molecule has 4 nitrogen and oxygen atoms in total. The second-order valence-electron chi connectivity index (χ2n) is 5.53. The third-order valence-electron chi connectivity index (χ3n) is 3.84. The zero-order valence-corrected chi connectivity index (χ0v) is 11.6. The molecule has 0 spiro atoms. The molecule has 2 N–H and O–H groups in total. The zero-order chi connectivity index (χ0) is 14.2. The van der Waals surface area contributed by atoms with Gasteiger partial charge in [-0.15, -0.1) is 0 Å². The zero-order valence-electron chi connectivity index (χ0n) is 11.6. The lowest BCUT2D eigenvalue weighted by Crippen LogP contribution is -2.61. The number of anilines is 1. The number of amides is 1. The molecule has 1 saturated heterocycles. The van der Waals surface area contributed by atoms with Gasteiger partial charge >= 0.3 is 0 Å². The first kappa shape index (κ1) is 13.8. The minimum atomic E-state index is -0.621. The highest BCUT2D eigenvalue weighted by molar-refractivity contribution is 5.86. The summed E-state index contributed by atoms with van der Waals surface area (Å²) in [6, 6.07) is 4.99. The quantitative estimate of drug-likeness (QED) is 0.824. The van der Waals surface area contributed by atoms with Gasteiger partial charge in [0.15, 0.2) is 5.82 Å². The lowest BCUT2D eigenvalue weighted by molar-refractivity contribution is -0.147. The minimum Gasteiger partial charge on any atom is -0.396 e. The number of hydrogen-bond acceptors (Lipinski definition) is 3. The smallest absolute Gasteiger partial charge is 0.242 e. The SMILES string of the molecule is CN1CCN(Cc2cccc(N)c2F)C(C)(C)C1=O. The average molecular weight is 265 g/mol. The molecule has 0 atom stereocenters. The Bertz CT molecular complexity index is 501. The Hall–Kier alpha value is -1.62. The lowest BCUT2D eigenvalue weighted by atomic mass is 9.96. The van der Waals surface area contributed by atoms with E-state index in [1.54, 1.807) is 30.1 Å². The summed E-state index contributed by atoms with van der Waals surface area (Å²) in [5.41, 5.74) is 5.63. The summed E-state index contributed by atoms with van der Waals surface area (Å²) in [7, 11) is 1.79. The second kappa shape index (κ2) is 4.81. The van der Waals surface area contributed by atoms with E-state index in [1.807, 2.05) is 18.7 Å². The van der Waals surface area contributed by atoms with Gasteiger partial charge in [-0.05, 0) is 19.9 Å². The molecular weight excluding hydrogens is 245 g/mol. The number of nitrogens with zero attached hydrogens (tertiary/aromatic N) is 2. The van der Waals surface area contributed by atoms with Crippen LogP contribution < -0.4 is 5.73 Å². The van der Waals surface area contributed by atoms with Gasteiger partial charge in [-0.3, -0.25) is 9.69 Å². The molecule has 1 aromatic carbocycles. The maximum atomic E-state index is 13.9. The van der Waals surface area contributed by atoms with E-state index in [-0.39, 0.29) is 17.4 Å². The molecule has 1 aliphatic heterocycles. The number of hydrogen-bond donors (Lipinski definition) is 1. The molecule has 0 saturated carbocycles. The maximum absolute atomic E-state index is 13.9. The predicted octanol–water partition coefficient (Wildman–Crippen LogP) is 1.46. The van der Waals surface area contributed by atoms with E-state index in [9.17, 15) is 9.18 Å². The lowest BCUT2D eigenvalue weighted by Gasteiger charge is -2.44. The molecule has 0 aromatic heterocycles. The van der Waals surface area contributed by atoms with E-state index in [4.69, 9.17) is 5.73 Å². The third-order valence-corrected chi connectivity index (χ3v) is 3.84. The molecule has 2 rings (SSSR count). The predicted molar refractivity (Wildman–Crippen MR) is 72.9 cm³/mol. The van der Waals surface area contributed by atoms with Gasteiger partial charge in [0.1, 0.15) is 0 Å². The van der Waals surface area contributed by atoms with Gasteiger partial charge in [0, 0.05) is 32.2 Å². The highest BCUT2D eigenvalue weighted by atomic mass is 19.1. The van der Waals surface area contributed by atoms with Gasteiger partial charge in [0.2, 0.25) is 5.91 Å². The summed E-state index contributed by atoms with van der Waals surface area (Å²) >= 11 is 0. The van der Waals surface area contributed by atoms with Crippen molar-refractivity contribution in [1.82, 2.24) is 9.80 Å². The van der Waals surface area contributed by atoms with Crippen molar-refractivity contribution < 1.29 is 9.18 Å². The number of piperazine rings is 1. The normalized spacial score (nSPS) is 19.8. The fraction of sp³-hybridized carbons (Fsp3) is 0.500. The molecule has 5 heteroatoms. The number of likely N-dealkylation sites (N-methyl/N-ethyl adjacent to an activating group) is 1. The third kappa shape index (κ3) is 2.42. The van der Waals surface area contributed by atoms with Crippen molar-refractivity contribution in [3.05, 3.63) is 29.6 Å². The van der Waals surface area contributed by atoms with Gasteiger partial charge in [0.05, 0.1) is 11.2 Å². The van der Waals surface area contributed by atoms with Crippen molar-refractivity contribution >= 4 is 11.6 Å². The van der Waals surface area contributed by atoms with E-state index >= 15 is 0 Å². The Morgan fingerprint density at radius 1 is 1.37 bits per heavy atom. The first-order valence-electron chi connectivity index (χ1n) is 6.37. The Labute approximate surface area is 113 Å². The summed E-state index contributed by atoms with van der Waals surface area (Å²) in [6.07, 6.45) is 0. The van der Waals surface area contributed by atoms with Crippen LogP contribution in [-0.4, -0.2) is 41.4 Å². The van der Waals surface area contributed by atoms with Crippen LogP contribution in [0, 0.1) is 5.82 Å². The molecule has 0 bridgehead atoms. The molecule has 0 radical (unpaired) electrons. The van der Waals surface area contributed by atoms with Crippen molar-refractivity contribution in [3.63, 3.8) is 0 Å². The monoisotopic (exact) mass is 265 g/mol. The molecule has 104 valence electrons. The fourth-order valence-electron chi connectivity index (χ4n) is 2.46. The van der Waals surface area contributed by atoms with Gasteiger partial charge in [-0.25, -0.2) is 4.39 Å².